The van der Waals surface area contributed by atoms with Gasteiger partial charge >= 0.3 is 0 Å². The minimum absolute atomic E-state index is 0.00466. The third-order valence-corrected chi connectivity index (χ3v) is 3.57. The molecule has 20 heavy (non-hydrogen) atoms. The van der Waals surface area contributed by atoms with E-state index in [2.05, 4.69) is 26.1 Å². The lowest BCUT2D eigenvalue weighted by atomic mass is 9.89. The topological polar surface area (TPSA) is 46.2 Å². The first-order valence-corrected chi connectivity index (χ1v) is 7.38. The first-order valence-electron chi connectivity index (χ1n) is 7.38. The van der Waals surface area contributed by atoms with Gasteiger partial charge in [0.15, 0.2) is 5.78 Å². The summed E-state index contributed by atoms with van der Waals surface area (Å²) in [6, 6.07) is 7.17. The van der Waals surface area contributed by atoms with Crippen molar-refractivity contribution in [1.29, 1.82) is 0 Å². The number of carbonyl (C=O) groups is 2. The first-order chi connectivity index (χ1) is 9.47. The maximum absolute atomic E-state index is 12.4. The van der Waals surface area contributed by atoms with E-state index in [-0.39, 0.29) is 17.6 Å². The van der Waals surface area contributed by atoms with Gasteiger partial charge < -0.3 is 5.32 Å². The number of anilines is 1. The zero-order chi connectivity index (χ0) is 15.1. The molecule has 0 aliphatic heterocycles. The normalized spacial score (nSPS) is 12.2. The van der Waals surface area contributed by atoms with E-state index in [0.717, 1.165) is 19.3 Å². The van der Waals surface area contributed by atoms with Crippen molar-refractivity contribution in [3.05, 3.63) is 29.8 Å². The van der Waals surface area contributed by atoms with Crippen molar-refractivity contribution in [3.8, 4) is 0 Å². The maximum Gasteiger partial charge on any atom is 0.227 e. The van der Waals surface area contributed by atoms with Gasteiger partial charge in [0.05, 0.1) is 5.69 Å². The van der Waals surface area contributed by atoms with Crippen molar-refractivity contribution in [2.45, 2.75) is 47.0 Å². The molecule has 0 aromatic heterocycles. The molecule has 1 N–H and O–H groups in total. The summed E-state index contributed by atoms with van der Waals surface area (Å²) in [7, 11) is 0. The quantitative estimate of drug-likeness (QED) is 0.754. The van der Waals surface area contributed by atoms with Crippen LogP contribution in [0.2, 0.25) is 0 Å². The Morgan fingerprint density at radius 3 is 2.40 bits per heavy atom. The van der Waals surface area contributed by atoms with Gasteiger partial charge in [0.2, 0.25) is 5.91 Å². The van der Waals surface area contributed by atoms with Gasteiger partial charge in [-0.1, -0.05) is 45.7 Å². The van der Waals surface area contributed by atoms with Crippen molar-refractivity contribution < 1.29 is 9.59 Å². The fourth-order valence-corrected chi connectivity index (χ4v) is 2.32. The molecule has 0 unspecified atom stereocenters. The van der Waals surface area contributed by atoms with Gasteiger partial charge in [-0.3, -0.25) is 9.59 Å². The standard InChI is InChI=1S/C17H25NO2/c1-5-6-9-14(12(2)3)17(20)18-16-11-8-7-10-15(16)13(4)19/h7-8,10-12,14H,5-6,9H2,1-4H3,(H,18,20)/t14-/m1/s1. The molecule has 3 heteroatoms. The van der Waals surface area contributed by atoms with Crippen LogP contribution < -0.4 is 5.32 Å². The molecular formula is C17H25NO2. The van der Waals surface area contributed by atoms with Crippen LogP contribution in [0.25, 0.3) is 0 Å². The Hall–Kier alpha value is -1.64. The minimum atomic E-state index is -0.0319. The van der Waals surface area contributed by atoms with E-state index in [4.69, 9.17) is 0 Å². The fourth-order valence-electron chi connectivity index (χ4n) is 2.32. The number of hydrogen-bond acceptors (Lipinski definition) is 2. The monoisotopic (exact) mass is 275 g/mol. The van der Waals surface area contributed by atoms with Crippen LogP contribution in [0.3, 0.4) is 0 Å². The lowest BCUT2D eigenvalue weighted by molar-refractivity contribution is -0.121. The predicted molar refractivity (Wildman–Crippen MR) is 82.9 cm³/mol. The van der Waals surface area contributed by atoms with E-state index in [9.17, 15) is 9.59 Å². The molecule has 1 aromatic rings. The number of carbonyl (C=O) groups excluding carboxylic acids is 2. The number of rotatable bonds is 7. The molecule has 1 amide bonds. The summed E-state index contributed by atoms with van der Waals surface area (Å²) in [4.78, 5) is 24.0. The van der Waals surface area contributed by atoms with Gasteiger partial charge in [0.25, 0.3) is 0 Å². The van der Waals surface area contributed by atoms with Crippen LogP contribution in [0.4, 0.5) is 5.69 Å². The fraction of sp³-hybridized carbons (Fsp3) is 0.529. The Balaban J connectivity index is 2.85. The smallest absolute Gasteiger partial charge is 0.227 e. The third kappa shape index (κ3) is 4.48. The average Bonchev–Trinajstić information content (AvgIpc) is 2.39. The highest BCUT2D eigenvalue weighted by Crippen LogP contribution is 2.22. The summed E-state index contributed by atoms with van der Waals surface area (Å²) in [6.07, 6.45) is 3.02. The molecule has 0 bridgehead atoms. The van der Waals surface area contributed by atoms with E-state index >= 15 is 0 Å². The summed E-state index contributed by atoms with van der Waals surface area (Å²) in [5.74, 6) is 0.277. The molecule has 0 aliphatic carbocycles. The van der Waals surface area contributed by atoms with Gasteiger partial charge in [-0.2, -0.15) is 0 Å². The number of nitrogens with one attached hydrogen (secondary N) is 1. The average molecular weight is 275 g/mol. The highest BCUT2D eigenvalue weighted by molar-refractivity contribution is 6.04. The second kappa shape index (κ2) is 7.83. The van der Waals surface area contributed by atoms with Crippen LogP contribution in [-0.2, 0) is 4.79 Å². The van der Waals surface area contributed by atoms with E-state index in [1.807, 2.05) is 12.1 Å². The molecule has 0 spiro atoms. The van der Waals surface area contributed by atoms with Crippen LogP contribution in [0.1, 0.15) is 57.3 Å². The number of ketones is 1. The highest BCUT2D eigenvalue weighted by atomic mass is 16.2. The Kier molecular flexibility index (Phi) is 6.43. The zero-order valence-corrected chi connectivity index (χ0v) is 12.9. The molecule has 0 radical (unpaired) electrons. The van der Waals surface area contributed by atoms with Crippen molar-refractivity contribution in [2.24, 2.45) is 11.8 Å². The van der Waals surface area contributed by atoms with Crippen LogP contribution in [0.15, 0.2) is 24.3 Å². The first kappa shape index (κ1) is 16.4. The molecular weight excluding hydrogens is 250 g/mol. The molecule has 1 rings (SSSR count). The summed E-state index contributed by atoms with van der Waals surface area (Å²) >= 11 is 0. The second-order valence-electron chi connectivity index (χ2n) is 5.58. The molecule has 0 saturated heterocycles. The maximum atomic E-state index is 12.4. The molecule has 0 fully saturated rings. The van der Waals surface area contributed by atoms with Crippen molar-refractivity contribution in [1.82, 2.24) is 0 Å². The van der Waals surface area contributed by atoms with Crippen molar-refractivity contribution >= 4 is 17.4 Å². The molecule has 0 aliphatic rings. The summed E-state index contributed by atoms with van der Waals surface area (Å²) < 4.78 is 0. The van der Waals surface area contributed by atoms with E-state index in [1.165, 1.54) is 6.92 Å². The molecule has 1 atom stereocenters. The lowest BCUT2D eigenvalue weighted by Crippen LogP contribution is -2.27. The van der Waals surface area contributed by atoms with Crippen molar-refractivity contribution in [2.75, 3.05) is 5.32 Å². The second-order valence-corrected chi connectivity index (χ2v) is 5.58. The summed E-state index contributed by atoms with van der Waals surface area (Å²) in [5, 5.41) is 2.92. The predicted octanol–water partition coefficient (Wildman–Crippen LogP) is 4.29. The molecule has 3 nitrogen and oxygen atoms in total. The van der Waals surface area contributed by atoms with Crippen LogP contribution in [-0.4, -0.2) is 11.7 Å². The zero-order valence-electron chi connectivity index (χ0n) is 12.9. The Morgan fingerprint density at radius 1 is 1.20 bits per heavy atom. The van der Waals surface area contributed by atoms with Crippen LogP contribution >= 0.6 is 0 Å². The van der Waals surface area contributed by atoms with Gasteiger partial charge in [0, 0.05) is 11.5 Å². The van der Waals surface area contributed by atoms with Crippen molar-refractivity contribution in [3.63, 3.8) is 0 Å². The summed E-state index contributed by atoms with van der Waals surface area (Å²) in [5.41, 5.74) is 1.19. The Morgan fingerprint density at radius 2 is 1.85 bits per heavy atom. The van der Waals surface area contributed by atoms with Crippen LogP contribution in [0, 0.1) is 11.8 Å². The number of unbranched alkanes of at least 4 members (excludes halogenated alkanes) is 1. The number of benzene rings is 1. The van der Waals surface area contributed by atoms with Gasteiger partial charge in [0.1, 0.15) is 0 Å². The summed E-state index contributed by atoms with van der Waals surface area (Å²) in [6.45, 7) is 7.77. The van der Waals surface area contributed by atoms with Gasteiger partial charge in [-0.25, -0.2) is 0 Å². The number of Topliss-reactive ketones (excluding diaryl/α,β-unsaturated/α-hetero) is 1. The lowest BCUT2D eigenvalue weighted by Gasteiger charge is -2.20. The molecule has 0 heterocycles. The largest absolute Gasteiger partial charge is 0.325 e. The van der Waals surface area contributed by atoms with E-state index < -0.39 is 0 Å². The van der Waals surface area contributed by atoms with E-state index in [0.29, 0.717) is 17.2 Å². The number of amides is 1. The highest BCUT2D eigenvalue weighted by Gasteiger charge is 2.22. The SMILES string of the molecule is CCCC[C@@H](C(=O)Nc1ccccc1C(C)=O)C(C)C. The van der Waals surface area contributed by atoms with Gasteiger partial charge in [-0.05, 0) is 31.4 Å². The number of para-hydroxylation sites is 1. The molecule has 0 saturated carbocycles. The minimum Gasteiger partial charge on any atom is -0.325 e. The molecule has 1 aromatic carbocycles. The van der Waals surface area contributed by atoms with Crippen LogP contribution in [0.5, 0.6) is 0 Å². The Labute approximate surface area is 121 Å². The Bertz CT molecular complexity index is 466. The molecule has 110 valence electrons. The van der Waals surface area contributed by atoms with E-state index in [1.54, 1.807) is 12.1 Å². The van der Waals surface area contributed by atoms with Gasteiger partial charge in [-0.15, -0.1) is 0 Å². The number of hydrogen-bond donors (Lipinski definition) is 1. The third-order valence-electron chi connectivity index (χ3n) is 3.57.